The summed E-state index contributed by atoms with van der Waals surface area (Å²) in [5, 5.41) is 8.04. The quantitative estimate of drug-likeness (QED) is 0.892. The average molecular weight is 241 g/mol. The summed E-state index contributed by atoms with van der Waals surface area (Å²) in [5.41, 5.74) is 4.93. The molecule has 1 aromatic heterocycles. The van der Waals surface area contributed by atoms with E-state index < -0.39 is 0 Å². The van der Waals surface area contributed by atoms with Crippen molar-refractivity contribution in [3.8, 4) is 5.69 Å². The minimum atomic E-state index is 0.742. The number of hydrogen-bond acceptors (Lipinski definition) is 2. The first kappa shape index (κ1) is 11.5. The molecule has 3 rings (SSSR count). The molecule has 2 aromatic rings. The van der Waals surface area contributed by atoms with Gasteiger partial charge in [0, 0.05) is 23.8 Å². The van der Waals surface area contributed by atoms with Crippen LogP contribution in [-0.4, -0.2) is 15.8 Å². The van der Waals surface area contributed by atoms with Gasteiger partial charge in [0.25, 0.3) is 0 Å². The molecule has 0 saturated heterocycles. The number of rotatable bonds is 4. The lowest BCUT2D eigenvalue weighted by Gasteiger charge is -2.07. The van der Waals surface area contributed by atoms with Crippen LogP contribution in [0.4, 0.5) is 0 Å². The van der Waals surface area contributed by atoms with Gasteiger partial charge in [-0.05, 0) is 44.4 Å². The third-order valence-corrected chi connectivity index (χ3v) is 3.52. The largest absolute Gasteiger partial charge is 0.310 e. The molecule has 94 valence electrons. The first-order valence-electron chi connectivity index (χ1n) is 6.58. The van der Waals surface area contributed by atoms with Crippen molar-refractivity contribution >= 4 is 0 Å². The van der Waals surface area contributed by atoms with E-state index >= 15 is 0 Å². The Morgan fingerprint density at radius 1 is 1.33 bits per heavy atom. The minimum Gasteiger partial charge on any atom is -0.310 e. The minimum absolute atomic E-state index is 0.742. The summed E-state index contributed by atoms with van der Waals surface area (Å²) >= 11 is 0. The molecular weight excluding hydrogens is 222 g/mol. The summed E-state index contributed by atoms with van der Waals surface area (Å²) in [6.45, 7) is 5.18. The molecule has 0 radical (unpaired) electrons. The van der Waals surface area contributed by atoms with Crippen molar-refractivity contribution in [3.05, 3.63) is 47.3 Å². The molecule has 1 N–H and O–H groups in total. The second-order valence-electron chi connectivity index (χ2n) is 5.16. The van der Waals surface area contributed by atoms with E-state index in [1.807, 2.05) is 10.9 Å². The lowest BCUT2D eigenvalue weighted by Crippen LogP contribution is -2.15. The zero-order valence-electron chi connectivity index (χ0n) is 11.0. The fourth-order valence-electron chi connectivity index (χ4n) is 2.18. The molecule has 1 fully saturated rings. The highest BCUT2D eigenvalue weighted by molar-refractivity contribution is 5.37. The van der Waals surface area contributed by atoms with Gasteiger partial charge in [0.15, 0.2) is 0 Å². The van der Waals surface area contributed by atoms with Crippen LogP contribution in [0.2, 0.25) is 0 Å². The molecule has 0 unspecified atom stereocenters. The SMILES string of the molecule is Cc1cccc(-n2ncc(CNC3CC3)c2C)c1. The van der Waals surface area contributed by atoms with Crippen molar-refractivity contribution in [2.24, 2.45) is 0 Å². The number of aromatic nitrogens is 2. The summed E-state index contributed by atoms with van der Waals surface area (Å²) in [7, 11) is 0. The molecule has 1 heterocycles. The van der Waals surface area contributed by atoms with Gasteiger partial charge in [-0.1, -0.05) is 12.1 Å². The zero-order valence-corrected chi connectivity index (χ0v) is 11.0. The van der Waals surface area contributed by atoms with Crippen LogP contribution in [0.3, 0.4) is 0 Å². The summed E-state index contributed by atoms with van der Waals surface area (Å²) in [4.78, 5) is 0. The van der Waals surface area contributed by atoms with E-state index in [1.54, 1.807) is 0 Å². The highest BCUT2D eigenvalue weighted by atomic mass is 15.3. The van der Waals surface area contributed by atoms with Gasteiger partial charge in [-0.3, -0.25) is 0 Å². The van der Waals surface area contributed by atoms with Crippen LogP contribution in [-0.2, 0) is 6.54 Å². The Morgan fingerprint density at radius 2 is 2.17 bits per heavy atom. The smallest absolute Gasteiger partial charge is 0.0651 e. The Kier molecular flexibility index (Phi) is 2.92. The second kappa shape index (κ2) is 4.58. The van der Waals surface area contributed by atoms with Crippen molar-refractivity contribution in [3.63, 3.8) is 0 Å². The maximum absolute atomic E-state index is 4.50. The van der Waals surface area contributed by atoms with Crippen molar-refractivity contribution in [1.82, 2.24) is 15.1 Å². The monoisotopic (exact) mass is 241 g/mol. The molecule has 0 atom stereocenters. The first-order chi connectivity index (χ1) is 8.74. The molecule has 1 aromatic carbocycles. The van der Waals surface area contributed by atoms with Crippen LogP contribution in [0.1, 0.15) is 29.7 Å². The summed E-state index contributed by atoms with van der Waals surface area (Å²) in [5.74, 6) is 0. The molecule has 1 saturated carbocycles. The molecule has 3 nitrogen and oxygen atoms in total. The normalized spacial score (nSPS) is 15.0. The van der Waals surface area contributed by atoms with E-state index in [-0.39, 0.29) is 0 Å². The van der Waals surface area contributed by atoms with Crippen LogP contribution in [0.15, 0.2) is 30.5 Å². The maximum atomic E-state index is 4.50. The standard InChI is InChI=1S/C15H19N3/c1-11-4-3-5-15(8-11)18-12(2)13(10-17-18)9-16-14-6-7-14/h3-5,8,10,14,16H,6-7,9H2,1-2H3. The third-order valence-electron chi connectivity index (χ3n) is 3.52. The number of nitrogens with one attached hydrogen (secondary N) is 1. The third kappa shape index (κ3) is 2.31. The van der Waals surface area contributed by atoms with E-state index in [2.05, 4.69) is 48.5 Å². The molecule has 0 aliphatic heterocycles. The van der Waals surface area contributed by atoms with Crippen LogP contribution in [0, 0.1) is 13.8 Å². The zero-order chi connectivity index (χ0) is 12.5. The molecule has 3 heteroatoms. The number of hydrogen-bond donors (Lipinski definition) is 1. The van der Waals surface area contributed by atoms with E-state index in [4.69, 9.17) is 0 Å². The highest BCUT2D eigenvalue weighted by Crippen LogP contribution is 2.20. The van der Waals surface area contributed by atoms with Crippen molar-refractivity contribution in [2.75, 3.05) is 0 Å². The Labute approximate surface area is 108 Å². The highest BCUT2D eigenvalue weighted by Gasteiger charge is 2.20. The average Bonchev–Trinajstić information content (AvgIpc) is 3.11. The van der Waals surface area contributed by atoms with Crippen LogP contribution < -0.4 is 5.32 Å². The Morgan fingerprint density at radius 3 is 2.89 bits per heavy atom. The molecule has 18 heavy (non-hydrogen) atoms. The summed E-state index contributed by atoms with van der Waals surface area (Å²) < 4.78 is 2.02. The molecule has 0 amide bonds. The van der Waals surface area contributed by atoms with Gasteiger partial charge in [0.05, 0.1) is 11.9 Å². The Balaban J connectivity index is 1.83. The second-order valence-corrected chi connectivity index (χ2v) is 5.16. The van der Waals surface area contributed by atoms with Crippen LogP contribution >= 0.6 is 0 Å². The van der Waals surface area contributed by atoms with Crippen molar-refractivity contribution in [1.29, 1.82) is 0 Å². The predicted octanol–water partition coefficient (Wildman–Crippen LogP) is 2.74. The van der Waals surface area contributed by atoms with Gasteiger partial charge >= 0.3 is 0 Å². The van der Waals surface area contributed by atoms with Crippen LogP contribution in [0.25, 0.3) is 5.69 Å². The van der Waals surface area contributed by atoms with E-state index in [1.165, 1.54) is 29.7 Å². The van der Waals surface area contributed by atoms with E-state index in [0.717, 1.165) is 18.3 Å². The summed E-state index contributed by atoms with van der Waals surface area (Å²) in [6.07, 6.45) is 4.63. The molecule has 1 aliphatic carbocycles. The predicted molar refractivity (Wildman–Crippen MR) is 72.9 cm³/mol. The topological polar surface area (TPSA) is 29.9 Å². The number of nitrogens with zero attached hydrogens (tertiary/aromatic N) is 2. The van der Waals surface area contributed by atoms with Gasteiger partial charge in [0.1, 0.15) is 0 Å². The fraction of sp³-hybridized carbons (Fsp3) is 0.400. The fourth-order valence-corrected chi connectivity index (χ4v) is 2.18. The van der Waals surface area contributed by atoms with Gasteiger partial charge in [0.2, 0.25) is 0 Å². The lowest BCUT2D eigenvalue weighted by atomic mass is 10.2. The first-order valence-corrected chi connectivity index (χ1v) is 6.58. The molecule has 0 spiro atoms. The Bertz CT molecular complexity index is 553. The Hall–Kier alpha value is -1.61. The molecular formula is C15H19N3. The van der Waals surface area contributed by atoms with E-state index in [0.29, 0.717) is 0 Å². The molecule has 0 bridgehead atoms. The van der Waals surface area contributed by atoms with Gasteiger partial charge in [-0.2, -0.15) is 5.10 Å². The molecule has 1 aliphatic rings. The summed E-state index contributed by atoms with van der Waals surface area (Å²) in [6, 6.07) is 9.20. The maximum Gasteiger partial charge on any atom is 0.0651 e. The van der Waals surface area contributed by atoms with E-state index in [9.17, 15) is 0 Å². The van der Waals surface area contributed by atoms with Gasteiger partial charge in [-0.25, -0.2) is 4.68 Å². The van der Waals surface area contributed by atoms with Crippen LogP contribution in [0.5, 0.6) is 0 Å². The van der Waals surface area contributed by atoms with Gasteiger partial charge < -0.3 is 5.32 Å². The number of aryl methyl sites for hydroxylation is 1. The van der Waals surface area contributed by atoms with Crippen molar-refractivity contribution in [2.45, 2.75) is 39.3 Å². The van der Waals surface area contributed by atoms with Gasteiger partial charge in [-0.15, -0.1) is 0 Å². The number of benzene rings is 1. The lowest BCUT2D eigenvalue weighted by molar-refractivity contribution is 0.684. The van der Waals surface area contributed by atoms with Crippen molar-refractivity contribution < 1.29 is 0 Å².